The molecular formula is C30H44N2O7. The van der Waals surface area contributed by atoms with E-state index in [1.54, 1.807) is 18.9 Å². The fourth-order valence-electron chi connectivity index (χ4n) is 5.04. The number of Topliss-reactive ketones (excluding diaryl/α,β-unsaturated/α-hetero) is 1. The fraction of sp³-hybridized carbons (Fsp3) is 0.633. The second kappa shape index (κ2) is 14.5. The van der Waals surface area contributed by atoms with Gasteiger partial charge in [-0.2, -0.15) is 0 Å². The van der Waals surface area contributed by atoms with Gasteiger partial charge in [0.05, 0.1) is 24.7 Å². The molecule has 2 fully saturated rings. The molecule has 39 heavy (non-hydrogen) atoms. The Morgan fingerprint density at radius 3 is 2.54 bits per heavy atom. The van der Waals surface area contributed by atoms with Crippen molar-refractivity contribution in [1.82, 2.24) is 9.80 Å². The molecule has 0 bridgehead atoms. The molecular weight excluding hydrogens is 500 g/mol. The highest BCUT2D eigenvalue weighted by molar-refractivity contribution is 5.87. The number of nitrogens with zero attached hydrogens (tertiary/aromatic N) is 2. The Kier molecular flexibility index (Phi) is 11.4. The van der Waals surface area contributed by atoms with Crippen LogP contribution < -0.4 is 4.74 Å². The number of hydrogen-bond donors (Lipinski definition) is 1. The van der Waals surface area contributed by atoms with Gasteiger partial charge in [0.1, 0.15) is 12.5 Å². The number of allylic oxidation sites excluding steroid dienone is 2. The van der Waals surface area contributed by atoms with Crippen LogP contribution in [0, 0.1) is 11.3 Å². The van der Waals surface area contributed by atoms with Gasteiger partial charge in [-0.1, -0.05) is 30.7 Å². The molecule has 1 N–H and O–H groups in total. The number of carbonyl (C=O) groups is 3. The zero-order valence-electron chi connectivity index (χ0n) is 23.8. The van der Waals surface area contributed by atoms with E-state index in [-0.39, 0.29) is 30.6 Å². The van der Waals surface area contributed by atoms with Crippen LogP contribution in [0.15, 0.2) is 36.4 Å². The summed E-state index contributed by atoms with van der Waals surface area (Å²) in [5.41, 5.74) is 0.389. The molecule has 0 unspecified atom stereocenters. The number of rotatable bonds is 16. The predicted octanol–water partition coefficient (Wildman–Crippen LogP) is 4.89. The number of hydrogen-bond acceptors (Lipinski definition) is 6. The maximum Gasteiger partial charge on any atom is 0.321 e. The van der Waals surface area contributed by atoms with Gasteiger partial charge in [0.2, 0.25) is 0 Å². The molecule has 9 nitrogen and oxygen atoms in total. The standard InChI is InChI=1S/C30H44N2O7/c1-5-38-21-39-26-17-27(22(2)33)32(20-26)29(36)31(19-23-12-14-25(37-4)15-13-23)16-10-8-6-7-9-11-24-18-30(24,3)28(34)35/h9,11-15,24,26-27H,5-8,10,16-21H2,1-4H3,(H,34,35)/b11-9-/t24-,26-,27+,30+/m1/s1. The highest BCUT2D eigenvalue weighted by Gasteiger charge is 2.54. The molecule has 9 heteroatoms. The van der Waals surface area contributed by atoms with E-state index in [1.807, 2.05) is 42.2 Å². The molecule has 1 aromatic carbocycles. The molecule has 2 aliphatic rings. The zero-order valence-corrected chi connectivity index (χ0v) is 23.8. The van der Waals surface area contributed by atoms with Crippen molar-refractivity contribution in [2.24, 2.45) is 11.3 Å². The minimum Gasteiger partial charge on any atom is -0.497 e. The Labute approximate surface area is 232 Å². The average molecular weight is 545 g/mol. The fourth-order valence-corrected chi connectivity index (χ4v) is 5.04. The van der Waals surface area contributed by atoms with E-state index < -0.39 is 17.4 Å². The molecule has 1 aliphatic carbocycles. The molecule has 0 radical (unpaired) electrons. The summed E-state index contributed by atoms with van der Waals surface area (Å²) in [6.45, 7) is 7.26. The lowest BCUT2D eigenvalue weighted by molar-refractivity contribution is -0.143. The van der Waals surface area contributed by atoms with E-state index in [1.165, 1.54) is 6.92 Å². The van der Waals surface area contributed by atoms with Crippen molar-refractivity contribution >= 4 is 17.8 Å². The molecule has 3 rings (SSSR count). The van der Waals surface area contributed by atoms with Gasteiger partial charge in [0, 0.05) is 32.7 Å². The van der Waals surface area contributed by atoms with Crippen molar-refractivity contribution in [3.05, 3.63) is 42.0 Å². The smallest absolute Gasteiger partial charge is 0.321 e. The van der Waals surface area contributed by atoms with Crippen LogP contribution in [0.1, 0.15) is 64.9 Å². The average Bonchev–Trinajstić information content (AvgIpc) is 3.39. The number of benzene rings is 1. The summed E-state index contributed by atoms with van der Waals surface area (Å²) in [6.07, 6.45) is 8.67. The number of carboxylic acids is 1. The summed E-state index contributed by atoms with van der Waals surface area (Å²) in [5, 5.41) is 9.27. The van der Waals surface area contributed by atoms with Crippen LogP contribution in [0.5, 0.6) is 5.75 Å². The predicted molar refractivity (Wildman–Crippen MR) is 147 cm³/mol. The minimum atomic E-state index is -0.726. The number of aliphatic carboxylic acids is 1. The number of ketones is 1. The van der Waals surface area contributed by atoms with Gasteiger partial charge in [0.25, 0.3) is 0 Å². The number of carboxylic acid groups (broad SMARTS) is 1. The van der Waals surface area contributed by atoms with Crippen LogP contribution >= 0.6 is 0 Å². The number of likely N-dealkylation sites (tertiary alicyclic amines) is 1. The van der Waals surface area contributed by atoms with Gasteiger partial charge < -0.3 is 29.1 Å². The maximum absolute atomic E-state index is 13.8. The van der Waals surface area contributed by atoms with Crippen LogP contribution in [0.3, 0.4) is 0 Å². The second-order valence-corrected chi connectivity index (χ2v) is 10.8. The van der Waals surface area contributed by atoms with Crippen LogP contribution in [-0.4, -0.2) is 78.4 Å². The van der Waals surface area contributed by atoms with Gasteiger partial charge >= 0.3 is 12.0 Å². The van der Waals surface area contributed by atoms with E-state index in [0.717, 1.165) is 37.0 Å². The van der Waals surface area contributed by atoms with E-state index in [0.29, 0.717) is 39.1 Å². The van der Waals surface area contributed by atoms with E-state index >= 15 is 0 Å². The number of urea groups is 1. The van der Waals surface area contributed by atoms with Crippen LogP contribution in [0.25, 0.3) is 0 Å². The lowest BCUT2D eigenvalue weighted by Crippen LogP contribution is -2.47. The number of unbranched alkanes of at least 4 members (excludes halogenated alkanes) is 3. The molecule has 1 saturated carbocycles. The summed E-state index contributed by atoms with van der Waals surface area (Å²) < 4.78 is 16.3. The largest absolute Gasteiger partial charge is 0.497 e. The third-order valence-corrected chi connectivity index (χ3v) is 7.83. The summed E-state index contributed by atoms with van der Waals surface area (Å²) in [7, 11) is 1.62. The number of carbonyl (C=O) groups excluding carboxylic acids is 2. The highest BCUT2D eigenvalue weighted by atomic mass is 16.7. The lowest BCUT2D eigenvalue weighted by Gasteiger charge is -2.31. The van der Waals surface area contributed by atoms with Crippen LogP contribution in [0.4, 0.5) is 4.79 Å². The SMILES string of the molecule is CCOCO[C@@H]1C[C@@H](C(C)=O)N(C(=O)N(CCCCC/C=C\[C@@H]2C[C@]2(C)C(=O)O)Cc2ccc(OC)cc2)C1. The van der Waals surface area contributed by atoms with Gasteiger partial charge in [-0.15, -0.1) is 0 Å². The third-order valence-electron chi connectivity index (χ3n) is 7.83. The quantitative estimate of drug-likeness (QED) is 0.179. The van der Waals surface area contributed by atoms with Gasteiger partial charge in [-0.25, -0.2) is 4.79 Å². The van der Waals surface area contributed by atoms with Crippen molar-refractivity contribution < 1.29 is 33.7 Å². The van der Waals surface area contributed by atoms with E-state index in [4.69, 9.17) is 14.2 Å². The molecule has 4 atom stereocenters. The molecule has 1 heterocycles. The maximum atomic E-state index is 13.8. The second-order valence-electron chi connectivity index (χ2n) is 10.8. The van der Waals surface area contributed by atoms with Gasteiger partial charge in [0.15, 0.2) is 5.78 Å². The Hall–Kier alpha value is -2.91. The first-order valence-corrected chi connectivity index (χ1v) is 14.0. The zero-order chi connectivity index (χ0) is 28.4. The molecule has 216 valence electrons. The first-order chi connectivity index (χ1) is 18.7. The van der Waals surface area contributed by atoms with Crippen molar-refractivity contribution in [2.45, 2.75) is 78.0 Å². The Morgan fingerprint density at radius 1 is 1.18 bits per heavy atom. The first-order valence-electron chi connectivity index (χ1n) is 14.0. The summed E-state index contributed by atoms with van der Waals surface area (Å²) in [5.74, 6) is 0.112. The van der Waals surface area contributed by atoms with Crippen molar-refractivity contribution in [2.75, 3.05) is 33.6 Å². The molecule has 1 saturated heterocycles. The van der Waals surface area contributed by atoms with Crippen molar-refractivity contribution in [1.29, 1.82) is 0 Å². The number of ether oxygens (including phenoxy) is 3. The topological polar surface area (TPSA) is 106 Å². The molecule has 0 aromatic heterocycles. The van der Waals surface area contributed by atoms with Crippen molar-refractivity contribution in [3.63, 3.8) is 0 Å². The van der Waals surface area contributed by atoms with E-state index in [2.05, 4.69) is 6.08 Å². The number of amides is 2. The molecule has 0 spiro atoms. The Morgan fingerprint density at radius 2 is 1.92 bits per heavy atom. The summed E-state index contributed by atoms with van der Waals surface area (Å²) in [6, 6.07) is 7.00. The summed E-state index contributed by atoms with van der Waals surface area (Å²) in [4.78, 5) is 40.9. The Balaban J connectivity index is 1.57. The first kappa shape index (κ1) is 30.6. The lowest BCUT2D eigenvalue weighted by atomic mass is 10.1. The Bertz CT molecular complexity index is 996. The minimum absolute atomic E-state index is 0.0447. The van der Waals surface area contributed by atoms with Gasteiger partial charge in [-0.3, -0.25) is 9.59 Å². The molecule has 2 amide bonds. The molecule has 1 aliphatic heterocycles. The van der Waals surface area contributed by atoms with Crippen molar-refractivity contribution in [3.8, 4) is 5.75 Å². The third kappa shape index (κ3) is 8.54. The normalized spacial score (nSPS) is 24.2. The van der Waals surface area contributed by atoms with Crippen LogP contribution in [0.2, 0.25) is 0 Å². The highest BCUT2D eigenvalue weighted by Crippen LogP contribution is 2.53. The van der Waals surface area contributed by atoms with Crippen LogP contribution in [-0.2, 0) is 25.6 Å². The molecule has 1 aromatic rings. The van der Waals surface area contributed by atoms with Gasteiger partial charge in [-0.05, 0) is 70.1 Å². The van der Waals surface area contributed by atoms with E-state index in [9.17, 15) is 19.5 Å². The summed E-state index contributed by atoms with van der Waals surface area (Å²) >= 11 is 0. The number of methoxy groups -OCH3 is 1. The monoisotopic (exact) mass is 544 g/mol.